The lowest BCUT2D eigenvalue weighted by atomic mass is 10.1. The summed E-state index contributed by atoms with van der Waals surface area (Å²) in [5.74, 6) is -0.310. The van der Waals surface area contributed by atoms with Crippen LogP contribution in [0.25, 0.3) is 0 Å². The molecule has 1 aromatic carbocycles. The van der Waals surface area contributed by atoms with E-state index >= 15 is 0 Å². The molecule has 3 rings (SSSR count). The lowest BCUT2D eigenvalue weighted by Crippen LogP contribution is -2.43. The first-order valence-corrected chi connectivity index (χ1v) is 10.0. The number of nitrogens with zero attached hydrogens (tertiary/aromatic N) is 1. The highest BCUT2D eigenvalue weighted by atomic mass is 32.2. The fourth-order valence-corrected chi connectivity index (χ4v) is 4.39. The number of carbonyl (C=O) groups is 3. The van der Waals surface area contributed by atoms with Crippen LogP contribution in [-0.2, 0) is 25.5 Å². The number of hydrogen-bond donors (Lipinski definition) is 1. The summed E-state index contributed by atoms with van der Waals surface area (Å²) in [5, 5.41) is 2.31. The van der Waals surface area contributed by atoms with Crippen molar-refractivity contribution in [1.29, 1.82) is 0 Å². The van der Waals surface area contributed by atoms with Gasteiger partial charge in [-0.2, -0.15) is 0 Å². The molecule has 2 atom stereocenters. The van der Waals surface area contributed by atoms with Gasteiger partial charge in [-0.25, -0.2) is 4.79 Å². The van der Waals surface area contributed by atoms with Gasteiger partial charge in [0.1, 0.15) is 17.2 Å². The van der Waals surface area contributed by atoms with Crippen molar-refractivity contribution in [1.82, 2.24) is 4.90 Å². The number of carbonyl (C=O) groups excluding carboxylic acids is 3. The Labute approximate surface area is 167 Å². The SMILES string of the molecule is CCc1ccc(NC(=O)COC(=O)[C@@H]2CS[C@@H](c3ccco3)N2C(C)=O)cc1. The fraction of sp³-hybridized carbons (Fsp3) is 0.350. The number of hydrogen-bond acceptors (Lipinski definition) is 6. The number of thioether (sulfide) groups is 1. The van der Waals surface area contributed by atoms with Crippen molar-refractivity contribution in [3.63, 3.8) is 0 Å². The Morgan fingerprint density at radius 1 is 1.25 bits per heavy atom. The zero-order valence-electron chi connectivity index (χ0n) is 15.7. The van der Waals surface area contributed by atoms with Crippen LogP contribution >= 0.6 is 11.8 Å². The summed E-state index contributed by atoms with van der Waals surface area (Å²) in [6, 6.07) is 10.2. The Balaban J connectivity index is 1.56. The summed E-state index contributed by atoms with van der Waals surface area (Å²) in [5.41, 5.74) is 1.80. The van der Waals surface area contributed by atoms with E-state index in [0.717, 1.165) is 6.42 Å². The second kappa shape index (κ2) is 8.97. The number of benzene rings is 1. The molecule has 0 saturated carbocycles. The van der Waals surface area contributed by atoms with E-state index in [2.05, 4.69) is 12.2 Å². The van der Waals surface area contributed by atoms with Crippen molar-refractivity contribution in [3.8, 4) is 0 Å². The standard InChI is InChI=1S/C20H22N2O5S/c1-3-14-6-8-15(9-7-14)21-18(24)11-27-20(25)16-12-28-19(22(16)13(2)23)17-5-4-10-26-17/h4-10,16,19H,3,11-12H2,1-2H3,(H,21,24)/t16-,19-/m0/s1. The summed E-state index contributed by atoms with van der Waals surface area (Å²) in [6.45, 7) is 3.04. The Kier molecular flexibility index (Phi) is 6.41. The van der Waals surface area contributed by atoms with E-state index in [1.54, 1.807) is 24.3 Å². The van der Waals surface area contributed by atoms with Crippen molar-refractivity contribution in [2.75, 3.05) is 17.7 Å². The maximum atomic E-state index is 12.5. The summed E-state index contributed by atoms with van der Waals surface area (Å²) in [7, 11) is 0. The van der Waals surface area contributed by atoms with Crippen LogP contribution in [0.2, 0.25) is 0 Å². The van der Waals surface area contributed by atoms with Gasteiger partial charge in [-0.1, -0.05) is 19.1 Å². The smallest absolute Gasteiger partial charge is 0.330 e. The predicted molar refractivity (Wildman–Crippen MR) is 106 cm³/mol. The van der Waals surface area contributed by atoms with Gasteiger partial charge >= 0.3 is 5.97 Å². The number of esters is 1. The van der Waals surface area contributed by atoms with Crippen molar-refractivity contribution in [2.45, 2.75) is 31.7 Å². The van der Waals surface area contributed by atoms with Gasteiger partial charge in [0, 0.05) is 18.4 Å². The second-order valence-corrected chi connectivity index (χ2v) is 7.46. The topological polar surface area (TPSA) is 88.8 Å². The summed E-state index contributed by atoms with van der Waals surface area (Å²) in [4.78, 5) is 38.1. The fourth-order valence-electron chi connectivity index (χ4n) is 2.98. The van der Waals surface area contributed by atoms with E-state index in [1.165, 1.54) is 35.4 Å². The molecule has 0 radical (unpaired) electrons. The first-order valence-electron chi connectivity index (χ1n) is 8.99. The van der Waals surface area contributed by atoms with E-state index in [9.17, 15) is 14.4 Å². The maximum absolute atomic E-state index is 12.5. The summed E-state index contributed by atoms with van der Waals surface area (Å²) >= 11 is 1.42. The maximum Gasteiger partial charge on any atom is 0.330 e. The molecule has 2 aromatic rings. The third-order valence-corrected chi connectivity index (χ3v) is 5.70. The highest BCUT2D eigenvalue weighted by Crippen LogP contribution is 2.41. The molecule has 1 aromatic heterocycles. The number of nitrogens with one attached hydrogen (secondary N) is 1. The number of anilines is 1. The molecule has 1 aliphatic heterocycles. The van der Waals surface area contributed by atoms with Crippen LogP contribution in [0.15, 0.2) is 47.1 Å². The molecule has 7 nitrogen and oxygen atoms in total. The number of furan rings is 1. The molecule has 0 aliphatic carbocycles. The molecule has 1 saturated heterocycles. The quantitative estimate of drug-likeness (QED) is 0.748. The Morgan fingerprint density at radius 2 is 2.00 bits per heavy atom. The van der Waals surface area contributed by atoms with Crippen LogP contribution in [0.3, 0.4) is 0 Å². The lowest BCUT2D eigenvalue weighted by Gasteiger charge is -2.25. The third kappa shape index (κ3) is 4.56. The molecule has 0 unspecified atom stereocenters. The van der Waals surface area contributed by atoms with E-state index in [4.69, 9.17) is 9.15 Å². The highest BCUT2D eigenvalue weighted by molar-refractivity contribution is 7.99. The van der Waals surface area contributed by atoms with Crippen LogP contribution < -0.4 is 5.32 Å². The van der Waals surface area contributed by atoms with Gasteiger partial charge in [0.15, 0.2) is 6.61 Å². The van der Waals surface area contributed by atoms with E-state index in [0.29, 0.717) is 17.2 Å². The van der Waals surface area contributed by atoms with E-state index in [1.807, 2.05) is 12.1 Å². The number of rotatable bonds is 6. The molecule has 1 aliphatic rings. The van der Waals surface area contributed by atoms with Crippen molar-refractivity contribution < 1.29 is 23.5 Å². The minimum Gasteiger partial charge on any atom is -0.466 e. The molecular weight excluding hydrogens is 380 g/mol. The van der Waals surface area contributed by atoms with Crippen molar-refractivity contribution in [3.05, 3.63) is 54.0 Å². The van der Waals surface area contributed by atoms with Crippen LogP contribution in [0, 0.1) is 0 Å². The van der Waals surface area contributed by atoms with Crippen molar-refractivity contribution in [2.24, 2.45) is 0 Å². The van der Waals surface area contributed by atoms with Gasteiger partial charge in [0.05, 0.1) is 6.26 Å². The molecule has 2 amide bonds. The first-order chi connectivity index (χ1) is 13.5. The Hall–Kier alpha value is -2.74. The molecule has 28 heavy (non-hydrogen) atoms. The van der Waals surface area contributed by atoms with Gasteiger partial charge in [0.25, 0.3) is 5.91 Å². The molecule has 1 fully saturated rings. The average Bonchev–Trinajstić information content (AvgIpc) is 3.36. The average molecular weight is 402 g/mol. The first kappa shape index (κ1) is 20.0. The third-order valence-electron chi connectivity index (χ3n) is 4.41. The van der Waals surface area contributed by atoms with Gasteiger partial charge in [-0.15, -0.1) is 11.8 Å². The lowest BCUT2D eigenvalue weighted by molar-refractivity contribution is -0.155. The zero-order chi connectivity index (χ0) is 20.1. The predicted octanol–water partition coefficient (Wildman–Crippen LogP) is 2.99. The highest BCUT2D eigenvalue weighted by Gasteiger charge is 2.43. The van der Waals surface area contributed by atoms with Gasteiger partial charge in [-0.05, 0) is 36.2 Å². The monoisotopic (exact) mass is 402 g/mol. The minimum absolute atomic E-state index is 0.256. The molecule has 0 bridgehead atoms. The summed E-state index contributed by atoms with van der Waals surface area (Å²) in [6.07, 6.45) is 2.44. The zero-order valence-corrected chi connectivity index (χ0v) is 16.5. The number of amides is 2. The molecular formula is C20H22N2O5S. The molecule has 8 heteroatoms. The minimum atomic E-state index is -0.755. The largest absolute Gasteiger partial charge is 0.466 e. The molecule has 2 heterocycles. The molecule has 0 spiro atoms. The normalized spacial score (nSPS) is 18.7. The van der Waals surface area contributed by atoms with Crippen LogP contribution in [0.1, 0.15) is 30.5 Å². The second-order valence-electron chi connectivity index (χ2n) is 6.35. The van der Waals surface area contributed by atoms with Crippen LogP contribution in [-0.4, -0.2) is 41.1 Å². The number of aryl methyl sites for hydroxylation is 1. The van der Waals surface area contributed by atoms with Gasteiger partial charge in [-0.3, -0.25) is 9.59 Å². The number of ether oxygens (including phenoxy) is 1. The van der Waals surface area contributed by atoms with Crippen LogP contribution in [0.4, 0.5) is 5.69 Å². The van der Waals surface area contributed by atoms with E-state index in [-0.39, 0.29) is 11.3 Å². The van der Waals surface area contributed by atoms with Crippen molar-refractivity contribution >= 4 is 35.2 Å². The Bertz CT molecular complexity index is 835. The molecule has 1 N–H and O–H groups in total. The van der Waals surface area contributed by atoms with Gasteiger partial charge in [0.2, 0.25) is 5.91 Å². The molecule has 148 valence electrons. The van der Waals surface area contributed by atoms with E-state index < -0.39 is 24.5 Å². The summed E-state index contributed by atoms with van der Waals surface area (Å²) < 4.78 is 10.5. The van der Waals surface area contributed by atoms with Crippen LogP contribution in [0.5, 0.6) is 0 Å². The van der Waals surface area contributed by atoms with Gasteiger partial charge < -0.3 is 19.4 Å². The Morgan fingerprint density at radius 3 is 2.61 bits per heavy atom.